The van der Waals surface area contributed by atoms with E-state index < -0.39 is 5.97 Å². The van der Waals surface area contributed by atoms with Gasteiger partial charge in [-0.05, 0) is 38.3 Å². The zero-order chi connectivity index (χ0) is 15.4. The van der Waals surface area contributed by atoms with Crippen LogP contribution in [0.4, 0.5) is 4.79 Å². The van der Waals surface area contributed by atoms with Crippen molar-refractivity contribution in [3.8, 4) is 0 Å². The lowest BCUT2D eigenvalue weighted by molar-refractivity contribution is -0.143. The summed E-state index contributed by atoms with van der Waals surface area (Å²) in [5.74, 6) is -1.08. The zero-order valence-electron chi connectivity index (χ0n) is 12.5. The van der Waals surface area contributed by atoms with Gasteiger partial charge in [-0.3, -0.25) is 4.79 Å². The molecule has 1 aliphatic heterocycles. The van der Waals surface area contributed by atoms with Gasteiger partial charge in [-0.15, -0.1) is 11.3 Å². The molecule has 2 heterocycles. The van der Waals surface area contributed by atoms with Crippen LogP contribution in [-0.2, 0) is 17.8 Å². The lowest BCUT2D eigenvalue weighted by Crippen LogP contribution is -2.49. The van der Waals surface area contributed by atoms with Crippen molar-refractivity contribution in [2.45, 2.75) is 45.7 Å². The summed E-state index contributed by atoms with van der Waals surface area (Å²) < 4.78 is 0. The first-order valence-electron chi connectivity index (χ1n) is 7.36. The molecule has 0 spiro atoms. The van der Waals surface area contributed by atoms with Gasteiger partial charge in [-0.25, -0.2) is 4.79 Å². The maximum Gasteiger partial charge on any atom is 0.317 e. The van der Waals surface area contributed by atoms with Crippen molar-refractivity contribution >= 4 is 23.3 Å². The number of hydrogen-bond acceptors (Lipinski definition) is 3. The molecular weight excluding hydrogens is 288 g/mol. The molecule has 2 N–H and O–H groups in total. The number of aryl methyl sites for hydroxylation is 1. The van der Waals surface area contributed by atoms with Crippen LogP contribution < -0.4 is 5.32 Å². The Kier molecular flexibility index (Phi) is 5.22. The smallest absolute Gasteiger partial charge is 0.317 e. The molecule has 1 aromatic heterocycles. The van der Waals surface area contributed by atoms with Crippen molar-refractivity contribution in [1.82, 2.24) is 10.2 Å². The third-order valence-electron chi connectivity index (χ3n) is 3.97. The normalized spacial score (nSPS) is 22.1. The van der Waals surface area contributed by atoms with Crippen LogP contribution in [0.1, 0.15) is 36.4 Å². The van der Waals surface area contributed by atoms with E-state index in [-0.39, 0.29) is 18.0 Å². The summed E-state index contributed by atoms with van der Waals surface area (Å²) in [6.07, 6.45) is 2.08. The topological polar surface area (TPSA) is 69.6 Å². The Morgan fingerprint density at radius 2 is 2.14 bits per heavy atom. The van der Waals surface area contributed by atoms with Gasteiger partial charge in [0.25, 0.3) is 0 Å². The predicted molar refractivity (Wildman–Crippen MR) is 82.5 cm³/mol. The van der Waals surface area contributed by atoms with Gasteiger partial charge in [-0.1, -0.05) is 6.92 Å². The van der Waals surface area contributed by atoms with E-state index in [1.807, 2.05) is 13.0 Å². The number of piperidine rings is 1. The van der Waals surface area contributed by atoms with Gasteiger partial charge in [-0.2, -0.15) is 0 Å². The minimum absolute atomic E-state index is 0.0330. The van der Waals surface area contributed by atoms with E-state index in [0.29, 0.717) is 25.9 Å². The first kappa shape index (κ1) is 15.8. The number of likely N-dealkylation sites (tertiary alicyclic amines) is 1. The van der Waals surface area contributed by atoms with Gasteiger partial charge >= 0.3 is 12.0 Å². The summed E-state index contributed by atoms with van der Waals surface area (Å²) in [7, 11) is 0. The minimum atomic E-state index is -0.757. The van der Waals surface area contributed by atoms with E-state index >= 15 is 0 Å². The molecule has 0 saturated carbocycles. The lowest BCUT2D eigenvalue weighted by Gasteiger charge is -2.36. The van der Waals surface area contributed by atoms with Crippen LogP contribution in [0.2, 0.25) is 0 Å². The Bertz CT molecular complexity index is 515. The molecule has 0 aliphatic carbocycles. The molecule has 2 unspecified atom stereocenters. The number of nitrogens with one attached hydrogen (secondary N) is 1. The molecule has 2 rings (SSSR count). The Balaban J connectivity index is 1.84. The average Bonchev–Trinajstić information content (AvgIpc) is 2.92. The summed E-state index contributed by atoms with van der Waals surface area (Å²) in [6, 6.07) is 4.00. The number of carbonyl (C=O) groups excluding carboxylic acids is 1. The molecule has 2 amide bonds. The number of carboxylic acid groups (broad SMARTS) is 1. The molecule has 116 valence electrons. The number of amides is 2. The number of nitrogens with zero attached hydrogens (tertiary/aromatic N) is 1. The minimum Gasteiger partial charge on any atom is -0.481 e. The van der Waals surface area contributed by atoms with Crippen molar-refractivity contribution in [3.05, 3.63) is 21.9 Å². The molecule has 1 saturated heterocycles. The highest BCUT2D eigenvalue weighted by atomic mass is 32.1. The molecule has 6 heteroatoms. The summed E-state index contributed by atoms with van der Waals surface area (Å²) in [5, 5.41) is 12.0. The van der Waals surface area contributed by atoms with Crippen molar-refractivity contribution < 1.29 is 14.7 Å². The van der Waals surface area contributed by atoms with Crippen molar-refractivity contribution in [2.75, 3.05) is 6.54 Å². The predicted octanol–water partition coefficient (Wildman–Crippen LogP) is 2.71. The molecular formula is C15H22N2O3S. The van der Waals surface area contributed by atoms with E-state index in [9.17, 15) is 9.59 Å². The number of hydrogen-bond donors (Lipinski definition) is 2. The van der Waals surface area contributed by atoms with Crippen LogP contribution in [0.25, 0.3) is 0 Å². The van der Waals surface area contributed by atoms with Crippen LogP contribution in [0, 0.1) is 5.92 Å². The lowest BCUT2D eigenvalue weighted by atomic mass is 9.92. The summed E-state index contributed by atoms with van der Waals surface area (Å²) >= 11 is 1.72. The molecule has 0 aromatic carbocycles. The summed E-state index contributed by atoms with van der Waals surface area (Å²) in [4.78, 5) is 27.4. The largest absolute Gasteiger partial charge is 0.481 e. The van der Waals surface area contributed by atoms with Crippen molar-refractivity contribution in [2.24, 2.45) is 5.92 Å². The number of carboxylic acids is 1. The second-order valence-electron chi connectivity index (χ2n) is 5.48. The standard InChI is InChI=1S/C15H22N2O3S/c1-3-12-4-5-13(21-12)9-16-15(20)17-7-6-11(14(18)19)8-10(17)2/h4-5,10-11H,3,6-9H2,1-2H3,(H,16,20)(H,18,19). The fourth-order valence-electron chi connectivity index (χ4n) is 2.67. The monoisotopic (exact) mass is 310 g/mol. The van der Waals surface area contributed by atoms with Gasteiger partial charge < -0.3 is 15.3 Å². The van der Waals surface area contributed by atoms with Crippen molar-refractivity contribution in [1.29, 1.82) is 0 Å². The number of urea groups is 1. The number of carbonyl (C=O) groups is 2. The van der Waals surface area contributed by atoms with Crippen LogP contribution >= 0.6 is 11.3 Å². The van der Waals surface area contributed by atoms with Crippen LogP contribution in [0.5, 0.6) is 0 Å². The Morgan fingerprint density at radius 1 is 1.43 bits per heavy atom. The van der Waals surface area contributed by atoms with E-state index in [1.165, 1.54) is 4.88 Å². The third kappa shape index (κ3) is 3.97. The number of aliphatic carboxylic acids is 1. The van der Waals surface area contributed by atoms with Gasteiger partial charge in [0.05, 0.1) is 12.5 Å². The van der Waals surface area contributed by atoms with Crippen LogP contribution in [-0.4, -0.2) is 34.6 Å². The first-order chi connectivity index (χ1) is 10.0. The quantitative estimate of drug-likeness (QED) is 0.898. The second kappa shape index (κ2) is 6.93. The molecule has 21 heavy (non-hydrogen) atoms. The fraction of sp³-hybridized carbons (Fsp3) is 0.600. The molecule has 5 nitrogen and oxygen atoms in total. The zero-order valence-corrected chi connectivity index (χ0v) is 13.3. The molecule has 0 bridgehead atoms. The Morgan fingerprint density at radius 3 is 2.71 bits per heavy atom. The number of thiophene rings is 1. The third-order valence-corrected chi connectivity index (χ3v) is 5.20. The molecule has 1 fully saturated rings. The van der Waals surface area contributed by atoms with E-state index in [1.54, 1.807) is 16.2 Å². The van der Waals surface area contributed by atoms with Gasteiger partial charge in [0, 0.05) is 22.3 Å². The maximum atomic E-state index is 12.2. The highest BCUT2D eigenvalue weighted by Gasteiger charge is 2.32. The summed E-state index contributed by atoms with van der Waals surface area (Å²) in [6.45, 7) is 5.07. The van der Waals surface area contributed by atoms with Gasteiger partial charge in [0.2, 0.25) is 0 Å². The molecule has 2 atom stereocenters. The fourth-order valence-corrected chi connectivity index (χ4v) is 3.57. The SMILES string of the molecule is CCc1ccc(CNC(=O)N2CCC(C(=O)O)CC2C)s1. The average molecular weight is 310 g/mol. The van der Waals surface area contributed by atoms with E-state index in [4.69, 9.17) is 5.11 Å². The second-order valence-corrected chi connectivity index (χ2v) is 6.74. The molecule has 0 radical (unpaired) electrons. The maximum absolute atomic E-state index is 12.2. The van der Waals surface area contributed by atoms with E-state index in [0.717, 1.165) is 11.3 Å². The van der Waals surface area contributed by atoms with Gasteiger partial charge in [0.15, 0.2) is 0 Å². The van der Waals surface area contributed by atoms with E-state index in [2.05, 4.69) is 18.3 Å². The Hall–Kier alpha value is -1.56. The number of rotatable bonds is 4. The first-order valence-corrected chi connectivity index (χ1v) is 8.17. The molecule has 1 aliphatic rings. The summed E-state index contributed by atoms with van der Waals surface area (Å²) in [5.41, 5.74) is 0. The van der Waals surface area contributed by atoms with Gasteiger partial charge in [0.1, 0.15) is 0 Å². The van der Waals surface area contributed by atoms with Crippen LogP contribution in [0.3, 0.4) is 0 Å². The Labute approximate surface area is 129 Å². The highest BCUT2D eigenvalue weighted by molar-refractivity contribution is 7.11. The van der Waals surface area contributed by atoms with Crippen molar-refractivity contribution in [3.63, 3.8) is 0 Å². The van der Waals surface area contributed by atoms with Crippen LogP contribution in [0.15, 0.2) is 12.1 Å². The highest BCUT2D eigenvalue weighted by Crippen LogP contribution is 2.23. The molecule has 1 aromatic rings.